The molecule has 0 radical (unpaired) electrons. The van der Waals surface area contributed by atoms with E-state index >= 15 is 0 Å². The summed E-state index contributed by atoms with van der Waals surface area (Å²) >= 11 is 0. The highest BCUT2D eigenvalue weighted by atomic mass is 16.5. The molecule has 0 bridgehead atoms. The Morgan fingerprint density at radius 3 is 2.65 bits per heavy atom. The van der Waals surface area contributed by atoms with Gasteiger partial charge in [-0.1, -0.05) is 13.8 Å². The van der Waals surface area contributed by atoms with Gasteiger partial charge in [0.2, 0.25) is 5.88 Å². The molecule has 0 aliphatic heterocycles. The molecular weight excluding hydrogens is 218 g/mol. The lowest BCUT2D eigenvalue weighted by Crippen LogP contribution is -2.10. The molecule has 17 heavy (non-hydrogen) atoms. The second-order valence-corrected chi connectivity index (χ2v) is 4.03. The molecule has 1 rings (SSSR count). The molecule has 0 fully saturated rings. The van der Waals surface area contributed by atoms with Gasteiger partial charge in [-0.25, -0.2) is 4.98 Å². The molecule has 0 saturated heterocycles. The van der Waals surface area contributed by atoms with E-state index in [0.29, 0.717) is 18.1 Å². The highest BCUT2D eigenvalue weighted by molar-refractivity contribution is 5.31. The number of aryl methyl sites for hydroxylation is 1. The summed E-state index contributed by atoms with van der Waals surface area (Å²) in [5.41, 5.74) is 1.57. The SMILES string of the molecule is Cc1nc(C(C)C)nc(OCC#N)c1CCO. The van der Waals surface area contributed by atoms with Crippen LogP contribution in [0.15, 0.2) is 0 Å². The van der Waals surface area contributed by atoms with Crippen LogP contribution in [0.1, 0.15) is 36.8 Å². The fraction of sp³-hybridized carbons (Fsp3) is 0.583. The number of hydrogen-bond acceptors (Lipinski definition) is 5. The van der Waals surface area contributed by atoms with E-state index < -0.39 is 0 Å². The van der Waals surface area contributed by atoms with Gasteiger partial charge in [-0.05, 0) is 6.92 Å². The van der Waals surface area contributed by atoms with Crippen molar-refractivity contribution < 1.29 is 9.84 Å². The lowest BCUT2D eigenvalue weighted by Gasteiger charge is -2.13. The molecule has 1 N–H and O–H groups in total. The average Bonchev–Trinajstić information content (AvgIpc) is 2.29. The maximum absolute atomic E-state index is 9.00. The molecule has 0 spiro atoms. The zero-order valence-electron chi connectivity index (χ0n) is 10.4. The molecule has 1 aromatic rings. The van der Waals surface area contributed by atoms with Crippen molar-refractivity contribution in [1.82, 2.24) is 9.97 Å². The van der Waals surface area contributed by atoms with E-state index in [1.54, 1.807) is 0 Å². The second-order valence-electron chi connectivity index (χ2n) is 4.03. The molecule has 0 aromatic carbocycles. The van der Waals surface area contributed by atoms with Crippen molar-refractivity contribution in [3.05, 3.63) is 17.1 Å². The number of nitrogens with zero attached hydrogens (tertiary/aromatic N) is 3. The monoisotopic (exact) mass is 235 g/mol. The molecule has 5 nitrogen and oxygen atoms in total. The minimum atomic E-state index is -0.0492. The van der Waals surface area contributed by atoms with Gasteiger partial charge in [0.15, 0.2) is 6.61 Å². The molecule has 0 atom stereocenters. The third-order valence-corrected chi connectivity index (χ3v) is 2.34. The normalized spacial score (nSPS) is 10.4. The predicted molar refractivity (Wildman–Crippen MR) is 62.8 cm³/mol. The molecular formula is C12H17N3O2. The van der Waals surface area contributed by atoms with Gasteiger partial charge in [0.05, 0.1) is 0 Å². The van der Waals surface area contributed by atoms with E-state index in [9.17, 15) is 0 Å². The van der Waals surface area contributed by atoms with Crippen LogP contribution in [0.4, 0.5) is 0 Å². The van der Waals surface area contributed by atoms with Crippen LogP contribution in [0.25, 0.3) is 0 Å². The smallest absolute Gasteiger partial charge is 0.221 e. The van der Waals surface area contributed by atoms with Gasteiger partial charge in [-0.15, -0.1) is 0 Å². The summed E-state index contributed by atoms with van der Waals surface area (Å²) in [6.45, 7) is 5.81. The summed E-state index contributed by atoms with van der Waals surface area (Å²) in [6.07, 6.45) is 0.435. The van der Waals surface area contributed by atoms with Crippen LogP contribution in [-0.4, -0.2) is 28.3 Å². The van der Waals surface area contributed by atoms with Gasteiger partial charge in [0.1, 0.15) is 11.9 Å². The molecule has 92 valence electrons. The highest BCUT2D eigenvalue weighted by Gasteiger charge is 2.14. The lowest BCUT2D eigenvalue weighted by atomic mass is 10.1. The first-order valence-corrected chi connectivity index (χ1v) is 5.58. The van der Waals surface area contributed by atoms with Crippen molar-refractivity contribution in [2.45, 2.75) is 33.1 Å². The molecule has 1 heterocycles. The summed E-state index contributed by atoms with van der Waals surface area (Å²) in [5, 5.41) is 17.5. The van der Waals surface area contributed by atoms with E-state index in [0.717, 1.165) is 11.3 Å². The molecule has 5 heteroatoms. The molecule has 0 aliphatic rings. The van der Waals surface area contributed by atoms with E-state index in [1.807, 2.05) is 26.8 Å². The van der Waals surface area contributed by atoms with E-state index in [-0.39, 0.29) is 19.1 Å². The number of rotatable bonds is 5. The Kier molecular flexibility index (Phi) is 4.85. The Balaban J connectivity index is 3.14. The topological polar surface area (TPSA) is 79.0 Å². The van der Waals surface area contributed by atoms with Crippen molar-refractivity contribution in [2.24, 2.45) is 0 Å². The standard InChI is InChI=1S/C12H17N3O2/c1-8(2)11-14-9(3)10(4-6-16)12(15-11)17-7-5-13/h8,16H,4,6-7H2,1-3H3. The zero-order valence-corrected chi connectivity index (χ0v) is 10.4. The highest BCUT2D eigenvalue weighted by Crippen LogP contribution is 2.22. The van der Waals surface area contributed by atoms with Crippen molar-refractivity contribution in [2.75, 3.05) is 13.2 Å². The minimum Gasteiger partial charge on any atom is -0.462 e. The van der Waals surface area contributed by atoms with Crippen LogP contribution in [0.2, 0.25) is 0 Å². The number of hydrogen-bond donors (Lipinski definition) is 1. The average molecular weight is 235 g/mol. The minimum absolute atomic E-state index is 0.00807. The number of ether oxygens (including phenoxy) is 1. The Bertz CT molecular complexity index is 424. The van der Waals surface area contributed by atoms with Gasteiger partial charge in [0.25, 0.3) is 0 Å². The first-order valence-electron chi connectivity index (χ1n) is 5.58. The van der Waals surface area contributed by atoms with Gasteiger partial charge >= 0.3 is 0 Å². The van der Waals surface area contributed by atoms with Crippen molar-refractivity contribution in [1.29, 1.82) is 5.26 Å². The van der Waals surface area contributed by atoms with Crippen molar-refractivity contribution in [3.63, 3.8) is 0 Å². The first kappa shape index (κ1) is 13.4. The summed E-state index contributed by atoms with van der Waals surface area (Å²) in [7, 11) is 0. The van der Waals surface area contributed by atoms with Crippen LogP contribution in [0.5, 0.6) is 5.88 Å². The fourth-order valence-electron chi connectivity index (χ4n) is 1.47. The summed E-state index contributed by atoms with van der Waals surface area (Å²) in [5.74, 6) is 1.30. The Hall–Kier alpha value is -1.67. The Morgan fingerprint density at radius 2 is 2.12 bits per heavy atom. The number of aliphatic hydroxyl groups excluding tert-OH is 1. The van der Waals surface area contributed by atoms with Crippen molar-refractivity contribution >= 4 is 0 Å². The second kappa shape index (κ2) is 6.16. The van der Waals surface area contributed by atoms with Gasteiger partial charge in [0, 0.05) is 30.2 Å². The van der Waals surface area contributed by atoms with Crippen LogP contribution in [-0.2, 0) is 6.42 Å². The summed E-state index contributed by atoms with van der Waals surface area (Å²) < 4.78 is 5.29. The summed E-state index contributed by atoms with van der Waals surface area (Å²) in [4.78, 5) is 8.67. The largest absolute Gasteiger partial charge is 0.462 e. The molecule has 0 aliphatic carbocycles. The van der Waals surface area contributed by atoms with Gasteiger partial charge in [-0.3, -0.25) is 0 Å². The maximum atomic E-state index is 9.00. The van der Waals surface area contributed by atoms with Gasteiger partial charge < -0.3 is 9.84 Å². The Morgan fingerprint density at radius 1 is 1.41 bits per heavy atom. The molecule has 0 saturated carbocycles. The van der Waals surface area contributed by atoms with Crippen LogP contribution >= 0.6 is 0 Å². The van der Waals surface area contributed by atoms with Crippen LogP contribution in [0.3, 0.4) is 0 Å². The first-order chi connectivity index (χ1) is 8.10. The third kappa shape index (κ3) is 3.40. The number of aliphatic hydroxyl groups is 1. The van der Waals surface area contributed by atoms with Gasteiger partial charge in [-0.2, -0.15) is 10.2 Å². The molecule has 0 amide bonds. The van der Waals surface area contributed by atoms with Crippen LogP contribution in [0, 0.1) is 18.3 Å². The zero-order chi connectivity index (χ0) is 12.8. The maximum Gasteiger partial charge on any atom is 0.221 e. The third-order valence-electron chi connectivity index (χ3n) is 2.34. The van der Waals surface area contributed by atoms with E-state index in [1.165, 1.54) is 0 Å². The molecule has 0 unspecified atom stereocenters. The molecule has 1 aromatic heterocycles. The van der Waals surface area contributed by atoms with Crippen molar-refractivity contribution in [3.8, 4) is 11.9 Å². The Labute approximate surface area is 101 Å². The number of nitriles is 1. The number of aromatic nitrogens is 2. The van der Waals surface area contributed by atoms with E-state index in [2.05, 4.69) is 9.97 Å². The quantitative estimate of drug-likeness (QED) is 0.833. The lowest BCUT2D eigenvalue weighted by molar-refractivity contribution is 0.292. The van der Waals surface area contributed by atoms with Crippen LogP contribution < -0.4 is 4.74 Å². The summed E-state index contributed by atoms with van der Waals surface area (Å²) in [6, 6.07) is 1.91. The van der Waals surface area contributed by atoms with E-state index in [4.69, 9.17) is 15.1 Å². The predicted octanol–water partition coefficient (Wildman–Crippen LogP) is 1.35. The fourth-order valence-corrected chi connectivity index (χ4v) is 1.47.